The predicted octanol–water partition coefficient (Wildman–Crippen LogP) is 1.94. The standard InChI is InChI=1S/C22H24ClN3O4/c23-17-6-2-1-5-16(17)13-24-21(27)14-25-9-11-26(12-10-25)22(28)20-15-29-18-7-3-4-8-19(18)30-20/h1-8,20H,9-15H2,(H,24,27)/t20-/m1/s1. The number of carbonyl (C=O) groups is 2. The number of rotatable bonds is 5. The molecule has 8 heteroatoms. The van der Waals surface area contributed by atoms with Crippen LogP contribution in [0.25, 0.3) is 0 Å². The van der Waals surface area contributed by atoms with Crippen molar-refractivity contribution in [3.63, 3.8) is 0 Å². The zero-order chi connectivity index (χ0) is 20.9. The van der Waals surface area contributed by atoms with Crippen molar-refractivity contribution < 1.29 is 19.1 Å². The summed E-state index contributed by atoms with van der Waals surface area (Å²) in [6, 6.07) is 14.8. The second kappa shape index (κ2) is 9.36. The van der Waals surface area contributed by atoms with Gasteiger partial charge in [-0.3, -0.25) is 14.5 Å². The molecule has 0 unspecified atom stereocenters. The number of halogens is 1. The van der Waals surface area contributed by atoms with E-state index < -0.39 is 6.10 Å². The van der Waals surface area contributed by atoms with E-state index in [1.807, 2.05) is 41.3 Å². The molecule has 2 heterocycles. The van der Waals surface area contributed by atoms with E-state index in [9.17, 15) is 9.59 Å². The summed E-state index contributed by atoms with van der Waals surface area (Å²) in [4.78, 5) is 28.9. The van der Waals surface area contributed by atoms with Gasteiger partial charge in [0.15, 0.2) is 11.5 Å². The van der Waals surface area contributed by atoms with Gasteiger partial charge in [0.25, 0.3) is 5.91 Å². The van der Waals surface area contributed by atoms with Crippen molar-refractivity contribution >= 4 is 23.4 Å². The summed E-state index contributed by atoms with van der Waals surface area (Å²) in [7, 11) is 0. The van der Waals surface area contributed by atoms with Crippen molar-refractivity contribution in [1.82, 2.24) is 15.1 Å². The first-order chi connectivity index (χ1) is 14.6. The van der Waals surface area contributed by atoms with Gasteiger partial charge in [-0.25, -0.2) is 0 Å². The Bertz CT molecular complexity index is 915. The summed E-state index contributed by atoms with van der Waals surface area (Å²) in [6.45, 7) is 3.28. The molecule has 2 aromatic carbocycles. The third-order valence-corrected chi connectivity index (χ3v) is 5.64. The first-order valence-electron chi connectivity index (χ1n) is 10.00. The summed E-state index contributed by atoms with van der Waals surface area (Å²) in [5, 5.41) is 3.54. The molecule has 2 aliphatic heterocycles. The highest BCUT2D eigenvalue weighted by Crippen LogP contribution is 2.31. The number of nitrogens with one attached hydrogen (secondary N) is 1. The Labute approximate surface area is 180 Å². The van der Waals surface area contributed by atoms with Gasteiger partial charge in [0.2, 0.25) is 12.0 Å². The molecule has 0 aromatic heterocycles. The van der Waals surface area contributed by atoms with Crippen molar-refractivity contribution in [3.05, 3.63) is 59.1 Å². The second-order valence-corrected chi connectivity index (χ2v) is 7.74. The lowest BCUT2D eigenvalue weighted by Crippen LogP contribution is -2.55. The quantitative estimate of drug-likeness (QED) is 0.786. The lowest BCUT2D eigenvalue weighted by atomic mass is 10.2. The average molecular weight is 430 g/mol. The van der Waals surface area contributed by atoms with Crippen LogP contribution in [-0.4, -0.2) is 67.0 Å². The van der Waals surface area contributed by atoms with Crippen LogP contribution in [-0.2, 0) is 16.1 Å². The molecule has 0 radical (unpaired) electrons. The van der Waals surface area contributed by atoms with Gasteiger partial charge in [0, 0.05) is 37.7 Å². The molecule has 7 nitrogen and oxygen atoms in total. The van der Waals surface area contributed by atoms with E-state index in [1.165, 1.54) is 0 Å². The van der Waals surface area contributed by atoms with Gasteiger partial charge < -0.3 is 19.7 Å². The predicted molar refractivity (Wildman–Crippen MR) is 113 cm³/mol. The van der Waals surface area contributed by atoms with Crippen LogP contribution in [0.1, 0.15) is 5.56 Å². The Morgan fingerprint density at radius 2 is 1.70 bits per heavy atom. The second-order valence-electron chi connectivity index (χ2n) is 7.33. The Kier molecular flexibility index (Phi) is 6.40. The van der Waals surface area contributed by atoms with Gasteiger partial charge in [-0.15, -0.1) is 0 Å². The maximum absolute atomic E-state index is 12.8. The first kappa shape index (κ1) is 20.5. The number of piperazine rings is 1. The summed E-state index contributed by atoms with van der Waals surface area (Å²) in [5.74, 6) is 1.12. The van der Waals surface area contributed by atoms with E-state index in [0.29, 0.717) is 55.8 Å². The highest BCUT2D eigenvalue weighted by Gasteiger charge is 2.32. The molecular weight excluding hydrogens is 406 g/mol. The van der Waals surface area contributed by atoms with Crippen LogP contribution in [0.5, 0.6) is 11.5 Å². The fourth-order valence-corrected chi connectivity index (χ4v) is 3.77. The van der Waals surface area contributed by atoms with E-state index in [1.54, 1.807) is 17.0 Å². The smallest absolute Gasteiger partial charge is 0.267 e. The van der Waals surface area contributed by atoms with E-state index in [4.69, 9.17) is 21.1 Å². The highest BCUT2D eigenvalue weighted by atomic mass is 35.5. The van der Waals surface area contributed by atoms with Crippen LogP contribution < -0.4 is 14.8 Å². The molecule has 0 saturated carbocycles. The molecule has 0 bridgehead atoms. The molecule has 0 aliphatic carbocycles. The van der Waals surface area contributed by atoms with Crippen LogP contribution in [0, 0.1) is 0 Å². The Balaban J connectivity index is 1.21. The Morgan fingerprint density at radius 1 is 1.00 bits per heavy atom. The molecule has 30 heavy (non-hydrogen) atoms. The van der Waals surface area contributed by atoms with Crippen LogP contribution in [0.3, 0.4) is 0 Å². The Morgan fingerprint density at radius 3 is 2.47 bits per heavy atom. The molecule has 0 spiro atoms. The molecule has 1 atom stereocenters. The van der Waals surface area contributed by atoms with Crippen molar-refractivity contribution in [3.8, 4) is 11.5 Å². The third-order valence-electron chi connectivity index (χ3n) is 5.27. The minimum absolute atomic E-state index is 0.0599. The van der Waals surface area contributed by atoms with Gasteiger partial charge >= 0.3 is 0 Å². The van der Waals surface area contributed by atoms with Gasteiger partial charge in [-0.05, 0) is 23.8 Å². The number of benzene rings is 2. The number of ether oxygens (including phenoxy) is 2. The van der Waals surface area contributed by atoms with Crippen molar-refractivity contribution in [2.24, 2.45) is 0 Å². The van der Waals surface area contributed by atoms with E-state index in [-0.39, 0.29) is 18.4 Å². The van der Waals surface area contributed by atoms with Gasteiger partial charge in [-0.1, -0.05) is 41.9 Å². The maximum atomic E-state index is 12.8. The average Bonchev–Trinajstić information content (AvgIpc) is 2.78. The molecule has 1 N–H and O–H groups in total. The summed E-state index contributed by atoms with van der Waals surface area (Å²) in [6.07, 6.45) is -0.634. The molecule has 2 aliphatic rings. The highest BCUT2D eigenvalue weighted by molar-refractivity contribution is 6.31. The van der Waals surface area contributed by atoms with Crippen molar-refractivity contribution in [1.29, 1.82) is 0 Å². The van der Waals surface area contributed by atoms with Crippen LogP contribution in [0.4, 0.5) is 0 Å². The maximum Gasteiger partial charge on any atom is 0.267 e. The van der Waals surface area contributed by atoms with E-state index in [0.717, 1.165) is 5.56 Å². The number of fused-ring (bicyclic) bond motifs is 1. The Hall–Kier alpha value is -2.77. The minimum Gasteiger partial charge on any atom is -0.485 e. The topological polar surface area (TPSA) is 71.1 Å². The normalized spacial score (nSPS) is 18.7. The van der Waals surface area contributed by atoms with Gasteiger partial charge in [-0.2, -0.15) is 0 Å². The van der Waals surface area contributed by atoms with Gasteiger partial charge in [0.1, 0.15) is 6.61 Å². The number of para-hydroxylation sites is 2. The molecule has 1 saturated heterocycles. The molecule has 4 rings (SSSR count). The summed E-state index contributed by atoms with van der Waals surface area (Å²) in [5.41, 5.74) is 0.888. The largest absolute Gasteiger partial charge is 0.485 e. The molecular formula is C22H24ClN3O4. The fraction of sp³-hybridized carbons (Fsp3) is 0.364. The number of hydrogen-bond donors (Lipinski definition) is 1. The summed E-state index contributed by atoms with van der Waals surface area (Å²) >= 11 is 6.12. The third kappa shape index (κ3) is 4.86. The van der Waals surface area contributed by atoms with Crippen molar-refractivity contribution in [2.45, 2.75) is 12.6 Å². The minimum atomic E-state index is -0.634. The van der Waals surface area contributed by atoms with Crippen LogP contribution >= 0.6 is 11.6 Å². The van der Waals surface area contributed by atoms with Crippen LogP contribution in [0.15, 0.2) is 48.5 Å². The number of hydrogen-bond acceptors (Lipinski definition) is 5. The number of amides is 2. The molecule has 158 valence electrons. The molecule has 1 fully saturated rings. The monoisotopic (exact) mass is 429 g/mol. The molecule has 2 aromatic rings. The zero-order valence-electron chi connectivity index (χ0n) is 16.6. The van der Waals surface area contributed by atoms with Crippen molar-refractivity contribution in [2.75, 3.05) is 39.3 Å². The lowest BCUT2D eigenvalue weighted by Gasteiger charge is -2.36. The first-order valence-corrected chi connectivity index (χ1v) is 10.4. The fourth-order valence-electron chi connectivity index (χ4n) is 3.57. The lowest BCUT2D eigenvalue weighted by molar-refractivity contribution is -0.143. The number of nitrogens with zero attached hydrogens (tertiary/aromatic N) is 2. The number of carbonyl (C=O) groups excluding carboxylic acids is 2. The van der Waals surface area contributed by atoms with Gasteiger partial charge in [0.05, 0.1) is 6.54 Å². The van der Waals surface area contributed by atoms with E-state index >= 15 is 0 Å². The zero-order valence-corrected chi connectivity index (χ0v) is 17.3. The molecule has 2 amide bonds. The summed E-state index contributed by atoms with van der Waals surface area (Å²) < 4.78 is 11.5. The van der Waals surface area contributed by atoms with E-state index in [2.05, 4.69) is 5.32 Å². The SMILES string of the molecule is O=C(CN1CCN(C(=O)[C@H]2COc3ccccc3O2)CC1)NCc1ccccc1Cl. The van der Waals surface area contributed by atoms with Crippen LogP contribution in [0.2, 0.25) is 5.02 Å².